The van der Waals surface area contributed by atoms with Crippen LogP contribution in [0.4, 0.5) is 0 Å². The van der Waals surface area contributed by atoms with E-state index in [1.54, 1.807) is 0 Å². The Balaban J connectivity index is 1.08. The molecular weight excluding hydrogens is 833 g/mol. The summed E-state index contributed by atoms with van der Waals surface area (Å²) in [5, 5.41) is 0. The zero-order valence-corrected chi connectivity index (χ0v) is 38.9. The number of hydrogen-bond acceptors (Lipinski definition) is 1. The van der Waals surface area contributed by atoms with E-state index in [1.165, 1.54) is 110 Å². The molecule has 1 fully saturated rings. The third kappa shape index (κ3) is 6.27. The fraction of sp³-hybridized carbons (Fsp3) is 0.179. The zero-order valence-electron chi connectivity index (χ0n) is 38.9. The number of nitrogens with zero attached hydrogens (tertiary/aromatic N) is 2. The molecular formula is C67H54N2. The molecule has 4 aliphatic rings. The molecule has 0 N–H and O–H groups in total. The standard InChI is InChI=1S/C67H54N2/c1-2-20-46(21-3-1)66-68-62-35-16-17-36-63(62)69(66)48-40-37-45(38-41-48)51-32-18-33-59-64(51)57-30-12-7-24-50(57)47-22-5-4-19-44-39-42-61-56-28-11-9-27-54(56)55-29-14-15-34-60(55)67(61,43-47)65(59)58-31-13-10-26-53(58)52-25-8-6-23-49(44)52/h1-3,6-18,20-21,23-38,40-41,44,47,61,65H,4-5,19,22,39,42-43H2. The monoisotopic (exact) mass is 886 g/mol. The van der Waals surface area contributed by atoms with Crippen LogP contribution in [-0.4, -0.2) is 9.55 Å². The molecule has 4 aliphatic carbocycles. The molecule has 3 bridgehead atoms. The van der Waals surface area contributed by atoms with Gasteiger partial charge >= 0.3 is 0 Å². The van der Waals surface area contributed by atoms with Gasteiger partial charge in [-0.05, 0) is 152 Å². The largest absolute Gasteiger partial charge is 0.292 e. The van der Waals surface area contributed by atoms with Crippen LogP contribution in [0.2, 0.25) is 0 Å². The van der Waals surface area contributed by atoms with E-state index in [4.69, 9.17) is 4.98 Å². The highest BCUT2D eigenvalue weighted by atomic mass is 15.1. The molecule has 0 amide bonds. The van der Waals surface area contributed by atoms with Crippen LogP contribution >= 0.6 is 0 Å². The zero-order chi connectivity index (χ0) is 45.5. The number of para-hydroxylation sites is 2. The van der Waals surface area contributed by atoms with Gasteiger partial charge in [0.05, 0.1) is 11.0 Å². The average molecular weight is 887 g/mol. The molecule has 5 atom stereocenters. The Morgan fingerprint density at radius 1 is 0.391 bits per heavy atom. The van der Waals surface area contributed by atoms with E-state index in [1.807, 2.05) is 0 Å². The van der Waals surface area contributed by atoms with Crippen molar-refractivity contribution in [1.82, 2.24) is 9.55 Å². The lowest BCUT2D eigenvalue weighted by Gasteiger charge is -2.55. The Labute approximate surface area is 406 Å². The van der Waals surface area contributed by atoms with E-state index in [2.05, 4.69) is 223 Å². The van der Waals surface area contributed by atoms with Crippen LogP contribution in [0.25, 0.3) is 72.6 Å². The molecule has 2 heteroatoms. The minimum absolute atomic E-state index is 0.0504. The van der Waals surface area contributed by atoms with Crippen molar-refractivity contribution in [2.45, 2.75) is 74.0 Å². The van der Waals surface area contributed by atoms with Crippen molar-refractivity contribution >= 4 is 11.0 Å². The van der Waals surface area contributed by atoms with Gasteiger partial charge in [-0.1, -0.05) is 207 Å². The van der Waals surface area contributed by atoms with Gasteiger partial charge in [0, 0.05) is 22.6 Å². The molecule has 0 radical (unpaired) electrons. The van der Waals surface area contributed by atoms with Crippen LogP contribution in [-0.2, 0) is 5.41 Å². The topological polar surface area (TPSA) is 17.8 Å². The molecule has 1 spiro atoms. The molecule has 14 rings (SSSR count). The first kappa shape index (κ1) is 40.5. The molecule has 10 aromatic rings. The number of benzene rings is 9. The molecule has 1 aromatic heterocycles. The van der Waals surface area contributed by atoms with Crippen molar-refractivity contribution in [3.63, 3.8) is 0 Å². The van der Waals surface area contributed by atoms with Gasteiger partial charge in [0.2, 0.25) is 0 Å². The summed E-state index contributed by atoms with van der Waals surface area (Å²) >= 11 is 0. The maximum atomic E-state index is 5.20. The summed E-state index contributed by atoms with van der Waals surface area (Å²) in [5.74, 6) is 2.17. The number of rotatable bonds is 3. The maximum absolute atomic E-state index is 5.20. The van der Waals surface area contributed by atoms with E-state index in [9.17, 15) is 0 Å². The summed E-state index contributed by atoms with van der Waals surface area (Å²) in [6, 6.07) is 83.8. The van der Waals surface area contributed by atoms with Gasteiger partial charge in [-0.3, -0.25) is 4.57 Å². The fourth-order valence-corrected chi connectivity index (χ4v) is 14.3. The quantitative estimate of drug-likeness (QED) is 0.173. The minimum Gasteiger partial charge on any atom is -0.292 e. The van der Waals surface area contributed by atoms with E-state index in [0.717, 1.165) is 41.0 Å². The molecule has 1 saturated carbocycles. The van der Waals surface area contributed by atoms with E-state index >= 15 is 0 Å². The van der Waals surface area contributed by atoms with Gasteiger partial charge in [-0.25, -0.2) is 4.98 Å². The molecule has 0 saturated heterocycles. The van der Waals surface area contributed by atoms with Crippen LogP contribution < -0.4 is 0 Å². The van der Waals surface area contributed by atoms with Crippen molar-refractivity contribution in [3.8, 4) is 61.6 Å². The third-order valence-corrected chi connectivity index (χ3v) is 17.0. The van der Waals surface area contributed by atoms with Gasteiger partial charge in [-0.2, -0.15) is 0 Å². The highest BCUT2D eigenvalue weighted by molar-refractivity contribution is 5.91. The van der Waals surface area contributed by atoms with Gasteiger partial charge in [0.15, 0.2) is 0 Å². The van der Waals surface area contributed by atoms with Crippen molar-refractivity contribution < 1.29 is 0 Å². The second-order valence-electron chi connectivity index (χ2n) is 20.3. The molecule has 5 unspecified atom stereocenters. The van der Waals surface area contributed by atoms with Crippen molar-refractivity contribution in [2.24, 2.45) is 0 Å². The van der Waals surface area contributed by atoms with Gasteiger partial charge < -0.3 is 0 Å². The Hall–Kier alpha value is -7.55. The van der Waals surface area contributed by atoms with Crippen molar-refractivity contribution in [1.29, 1.82) is 0 Å². The van der Waals surface area contributed by atoms with Crippen LogP contribution in [0.5, 0.6) is 0 Å². The first-order valence-electron chi connectivity index (χ1n) is 25.5. The molecule has 9 aromatic carbocycles. The van der Waals surface area contributed by atoms with Crippen LogP contribution in [0.3, 0.4) is 0 Å². The Bertz CT molecular complexity index is 3580. The van der Waals surface area contributed by atoms with Crippen molar-refractivity contribution in [3.05, 3.63) is 252 Å². The number of imidazole rings is 1. The predicted octanol–water partition coefficient (Wildman–Crippen LogP) is 17.5. The summed E-state index contributed by atoms with van der Waals surface area (Å²) in [4.78, 5) is 5.20. The Morgan fingerprint density at radius 2 is 0.957 bits per heavy atom. The van der Waals surface area contributed by atoms with E-state index in [0.29, 0.717) is 17.8 Å². The lowest BCUT2D eigenvalue weighted by Crippen LogP contribution is -2.45. The fourth-order valence-electron chi connectivity index (χ4n) is 14.3. The van der Waals surface area contributed by atoms with Gasteiger partial charge in [-0.15, -0.1) is 0 Å². The minimum atomic E-state index is -0.256. The summed E-state index contributed by atoms with van der Waals surface area (Å²) in [6.07, 6.45) is 8.25. The van der Waals surface area contributed by atoms with Crippen LogP contribution in [0.15, 0.2) is 218 Å². The molecule has 0 aliphatic heterocycles. The summed E-state index contributed by atoms with van der Waals surface area (Å²) in [6.45, 7) is 0. The lowest BCUT2D eigenvalue weighted by molar-refractivity contribution is 0.238. The van der Waals surface area contributed by atoms with E-state index in [-0.39, 0.29) is 11.3 Å². The smallest absolute Gasteiger partial charge is 0.145 e. The SMILES string of the molecule is c1ccc(-c2nc3ccccc3n2-c2ccc(-c3cccc4c3-c3ccccc3C3CCCCC5CCC6c7ccccc7-c7ccccc7C6(C3)C4c3ccccc3-c3ccccc35)cc2)cc1. The second-order valence-corrected chi connectivity index (χ2v) is 20.3. The molecule has 69 heavy (non-hydrogen) atoms. The molecule has 332 valence electrons. The molecule has 1 heterocycles. The Kier molecular flexibility index (Phi) is 9.58. The van der Waals surface area contributed by atoms with Crippen LogP contribution in [0.1, 0.15) is 102 Å². The number of hydrogen-bond donors (Lipinski definition) is 0. The first-order chi connectivity index (χ1) is 34.2. The average Bonchev–Trinajstić information content (AvgIpc) is 3.79. The third-order valence-electron chi connectivity index (χ3n) is 17.0. The maximum Gasteiger partial charge on any atom is 0.145 e. The number of fused-ring (bicyclic) bond motifs is 17. The summed E-state index contributed by atoms with van der Waals surface area (Å²) < 4.78 is 2.33. The summed E-state index contributed by atoms with van der Waals surface area (Å²) in [7, 11) is 0. The molecule has 2 nitrogen and oxygen atoms in total. The van der Waals surface area contributed by atoms with E-state index < -0.39 is 0 Å². The highest BCUT2D eigenvalue weighted by Gasteiger charge is 2.55. The Morgan fingerprint density at radius 3 is 1.74 bits per heavy atom. The number of aromatic nitrogens is 2. The lowest BCUT2D eigenvalue weighted by atomic mass is 9.47. The van der Waals surface area contributed by atoms with Gasteiger partial charge in [0.1, 0.15) is 5.82 Å². The van der Waals surface area contributed by atoms with Gasteiger partial charge in [0.25, 0.3) is 0 Å². The highest BCUT2D eigenvalue weighted by Crippen LogP contribution is 2.67. The first-order valence-corrected chi connectivity index (χ1v) is 25.5. The normalized spacial score (nSPS) is 21.0. The second kappa shape index (κ2) is 16.3. The predicted molar refractivity (Wildman–Crippen MR) is 285 cm³/mol. The van der Waals surface area contributed by atoms with Crippen LogP contribution in [0, 0.1) is 0 Å². The summed E-state index contributed by atoms with van der Waals surface area (Å²) in [5.41, 5.74) is 24.0. The van der Waals surface area contributed by atoms with Crippen molar-refractivity contribution in [2.75, 3.05) is 0 Å².